The van der Waals surface area contributed by atoms with Gasteiger partial charge in [0.2, 0.25) is 0 Å². The molecular weight excluding hydrogens is 616 g/mol. The zero-order valence-electron chi connectivity index (χ0n) is 24.6. The topological polar surface area (TPSA) is 241 Å². The molecule has 0 bridgehead atoms. The molecule has 5 aromatic rings. The summed E-state index contributed by atoms with van der Waals surface area (Å²) in [5.74, 6) is -1.80. The van der Waals surface area contributed by atoms with Gasteiger partial charge in [0, 0.05) is 33.7 Å². The Labute approximate surface area is 264 Å². The van der Waals surface area contributed by atoms with E-state index in [1.54, 1.807) is 6.07 Å². The summed E-state index contributed by atoms with van der Waals surface area (Å²) in [5, 5.41) is 86.8. The molecule has 3 aliphatic rings. The van der Waals surface area contributed by atoms with Crippen LogP contribution in [0.5, 0.6) is 11.5 Å². The van der Waals surface area contributed by atoms with Crippen LogP contribution in [0.25, 0.3) is 43.6 Å². The molecule has 2 aliphatic heterocycles. The minimum Gasteiger partial charge on any atom is -0.508 e. The molecular formula is C32H32N4O11. The number of amides is 2. The molecule has 10 N–H and O–H groups in total. The number of phenolic OH excluding ortho intramolecular Hbond substituents is 2. The number of imide groups is 1. The van der Waals surface area contributed by atoms with Gasteiger partial charge in [-0.25, -0.2) is 10.4 Å². The molecule has 4 heterocycles. The summed E-state index contributed by atoms with van der Waals surface area (Å²) in [6.45, 7) is -0.702. The number of hydrogen-bond acceptors (Lipinski definition) is 12. The smallest absolute Gasteiger partial charge is 0.276 e. The number of carbonyl (C=O) groups is 2. The molecule has 15 nitrogen and oxygen atoms in total. The monoisotopic (exact) mass is 648 g/mol. The highest BCUT2D eigenvalue weighted by molar-refractivity contribution is 6.39. The van der Waals surface area contributed by atoms with Crippen LogP contribution < -0.4 is 5.43 Å². The highest BCUT2D eigenvalue weighted by Gasteiger charge is 2.48. The van der Waals surface area contributed by atoms with Crippen molar-refractivity contribution in [3.8, 4) is 11.5 Å². The summed E-state index contributed by atoms with van der Waals surface area (Å²) in [4.78, 5) is 31.9. The lowest BCUT2D eigenvalue weighted by atomic mass is 9.90. The van der Waals surface area contributed by atoms with E-state index in [4.69, 9.17) is 4.74 Å². The number of nitrogens with one attached hydrogen (secondary N) is 2. The third-order valence-corrected chi connectivity index (χ3v) is 9.82. The number of ether oxygens (including phenoxy) is 1. The number of hydrazine groups is 1. The number of H-pyrrole nitrogens is 1. The Morgan fingerprint density at radius 1 is 0.830 bits per heavy atom. The average Bonchev–Trinajstić information content (AvgIpc) is 3.65. The van der Waals surface area contributed by atoms with Crippen molar-refractivity contribution in [3.05, 3.63) is 47.5 Å². The molecule has 15 heteroatoms. The molecule has 47 heavy (non-hydrogen) atoms. The number of phenols is 2. The molecule has 2 unspecified atom stereocenters. The third kappa shape index (κ3) is 4.15. The normalized spacial score (nSPS) is 30.0. The molecule has 246 valence electrons. The second-order valence-electron chi connectivity index (χ2n) is 12.5. The summed E-state index contributed by atoms with van der Waals surface area (Å²) < 4.78 is 7.41. The third-order valence-electron chi connectivity index (χ3n) is 9.82. The molecule has 2 fully saturated rings. The lowest BCUT2D eigenvalue weighted by molar-refractivity contribution is -0.249. The number of benzene rings is 3. The number of aromatic hydroxyl groups is 2. The van der Waals surface area contributed by atoms with E-state index in [0.717, 1.165) is 5.01 Å². The molecule has 0 radical (unpaired) electrons. The van der Waals surface area contributed by atoms with Crippen molar-refractivity contribution in [1.29, 1.82) is 0 Å². The number of aromatic nitrogens is 2. The lowest BCUT2D eigenvalue weighted by Crippen LogP contribution is -2.58. The molecule has 2 aromatic heterocycles. The van der Waals surface area contributed by atoms with Gasteiger partial charge in [0.15, 0.2) is 6.23 Å². The van der Waals surface area contributed by atoms with Crippen LogP contribution in [0.4, 0.5) is 0 Å². The fourth-order valence-electron chi connectivity index (χ4n) is 7.56. The molecule has 3 aromatic carbocycles. The molecule has 0 spiro atoms. The van der Waals surface area contributed by atoms with E-state index in [-0.39, 0.29) is 49.9 Å². The number of rotatable bonds is 4. The molecule has 1 aliphatic carbocycles. The highest BCUT2D eigenvalue weighted by atomic mass is 16.6. The van der Waals surface area contributed by atoms with Gasteiger partial charge in [-0.15, -0.1) is 0 Å². The van der Waals surface area contributed by atoms with Crippen LogP contribution in [0.15, 0.2) is 36.4 Å². The van der Waals surface area contributed by atoms with E-state index in [0.29, 0.717) is 35.6 Å². The standard InChI is InChI=1S/C32H32N4O11/c37-10-19-27(42)28(43)29(44)32(47-19)35-16-9-12(39)5-7-14(16)21-23-22(20-13-6-4-11(38)8-15(13)33-25(20)26(21)35)30(45)36(31(23)46)34-24-17(40)2-1-3-18(24)41/h4-9,17-19,24,27-29,32-34,37-44H,1-3,10H2/t17?,18?,19-,24?,27-,28+,29-,32-/m1/s1. The van der Waals surface area contributed by atoms with Crippen LogP contribution >= 0.6 is 0 Å². The predicted octanol–water partition coefficient (Wildman–Crippen LogP) is 0.187. The zero-order valence-corrected chi connectivity index (χ0v) is 24.6. The number of aliphatic hydroxyl groups is 6. The Morgan fingerprint density at radius 2 is 1.47 bits per heavy atom. The fraction of sp³-hybridized carbons (Fsp3) is 0.375. The number of aromatic amines is 1. The van der Waals surface area contributed by atoms with Crippen LogP contribution in [0.3, 0.4) is 0 Å². The second kappa shape index (κ2) is 10.6. The maximum absolute atomic E-state index is 14.4. The van der Waals surface area contributed by atoms with Crippen molar-refractivity contribution >= 4 is 55.4 Å². The summed E-state index contributed by atoms with van der Waals surface area (Å²) in [6, 6.07) is 7.68. The second-order valence-corrected chi connectivity index (χ2v) is 12.5. The van der Waals surface area contributed by atoms with Crippen LogP contribution in [-0.4, -0.2) is 116 Å². The molecule has 7 atom stereocenters. The van der Waals surface area contributed by atoms with Gasteiger partial charge in [-0.1, -0.05) is 0 Å². The first-order valence-electron chi connectivity index (χ1n) is 15.3. The summed E-state index contributed by atoms with van der Waals surface area (Å²) >= 11 is 0. The van der Waals surface area contributed by atoms with Crippen LogP contribution in [0.1, 0.15) is 46.2 Å². The van der Waals surface area contributed by atoms with E-state index in [1.807, 2.05) is 0 Å². The molecule has 8 rings (SSSR count). The number of nitrogens with zero attached hydrogens (tertiary/aromatic N) is 2. The Morgan fingerprint density at radius 3 is 2.15 bits per heavy atom. The molecule has 2 amide bonds. The first kappa shape index (κ1) is 30.0. The van der Waals surface area contributed by atoms with E-state index in [9.17, 15) is 50.4 Å². The van der Waals surface area contributed by atoms with Gasteiger partial charge in [0.1, 0.15) is 35.9 Å². The maximum atomic E-state index is 14.4. The van der Waals surface area contributed by atoms with Gasteiger partial charge in [0.05, 0.1) is 58.1 Å². The summed E-state index contributed by atoms with van der Waals surface area (Å²) in [7, 11) is 0. The quantitative estimate of drug-likeness (QED) is 0.118. The van der Waals surface area contributed by atoms with E-state index < -0.39 is 67.3 Å². The van der Waals surface area contributed by atoms with Gasteiger partial charge < -0.3 is 55.1 Å². The van der Waals surface area contributed by atoms with Gasteiger partial charge in [-0.3, -0.25) is 9.59 Å². The number of fused-ring (bicyclic) bond motifs is 10. The summed E-state index contributed by atoms with van der Waals surface area (Å²) in [5.41, 5.74) is 3.87. The van der Waals surface area contributed by atoms with Crippen LogP contribution in [0.2, 0.25) is 0 Å². The van der Waals surface area contributed by atoms with Gasteiger partial charge in [0.25, 0.3) is 11.8 Å². The van der Waals surface area contributed by atoms with Gasteiger partial charge in [-0.2, -0.15) is 0 Å². The first-order valence-corrected chi connectivity index (χ1v) is 15.3. The number of carbonyl (C=O) groups excluding carboxylic acids is 2. The van der Waals surface area contributed by atoms with Crippen LogP contribution in [-0.2, 0) is 4.74 Å². The zero-order chi connectivity index (χ0) is 33.0. The average molecular weight is 649 g/mol. The Balaban J connectivity index is 1.47. The Hall–Kier alpha value is -4.32. The Kier molecular flexibility index (Phi) is 6.77. The minimum atomic E-state index is -1.75. The number of hydrogen-bond donors (Lipinski definition) is 10. The lowest BCUT2D eigenvalue weighted by Gasteiger charge is -2.41. The van der Waals surface area contributed by atoms with Crippen molar-refractivity contribution in [2.45, 2.75) is 68.2 Å². The van der Waals surface area contributed by atoms with Gasteiger partial charge in [-0.05, 0) is 43.5 Å². The van der Waals surface area contributed by atoms with Crippen molar-refractivity contribution < 1.29 is 55.2 Å². The maximum Gasteiger partial charge on any atom is 0.276 e. The molecule has 1 saturated heterocycles. The first-order chi connectivity index (χ1) is 22.5. The predicted molar refractivity (Wildman–Crippen MR) is 164 cm³/mol. The SMILES string of the molecule is O=C1c2c(c3c4ccc(O)cc4n([C@@H]4O[C@H](CO)[C@@H](O)[C@H](O)[C@H]4O)c3c3[nH]c4cc(O)ccc4c23)C(=O)N1NC1C(O)CCCC1O. The van der Waals surface area contributed by atoms with Gasteiger partial charge >= 0.3 is 0 Å². The van der Waals surface area contributed by atoms with Crippen molar-refractivity contribution in [3.63, 3.8) is 0 Å². The molecule has 1 saturated carbocycles. The van der Waals surface area contributed by atoms with Crippen molar-refractivity contribution in [2.75, 3.05) is 6.61 Å². The highest BCUT2D eigenvalue weighted by Crippen LogP contribution is 2.48. The number of aliphatic hydroxyl groups excluding tert-OH is 6. The van der Waals surface area contributed by atoms with Crippen molar-refractivity contribution in [1.82, 2.24) is 20.0 Å². The minimum absolute atomic E-state index is 0.00246. The van der Waals surface area contributed by atoms with E-state index >= 15 is 0 Å². The fourth-order valence-corrected chi connectivity index (χ4v) is 7.56. The van der Waals surface area contributed by atoms with E-state index in [1.165, 1.54) is 34.9 Å². The largest absolute Gasteiger partial charge is 0.508 e. The Bertz CT molecular complexity index is 2110. The van der Waals surface area contributed by atoms with Crippen LogP contribution in [0, 0.1) is 0 Å². The van der Waals surface area contributed by atoms with Crippen molar-refractivity contribution in [2.24, 2.45) is 0 Å². The van der Waals surface area contributed by atoms with E-state index in [2.05, 4.69) is 10.4 Å². The summed E-state index contributed by atoms with van der Waals surface area (Å²) in [6.07, 6.45) is -8.71.